The van der Waals surface area contributed by atoms with E-state index < -0.39 is 15.9 Å². The first-order valence-electron chi connectivity index (χ1n) is 5.78. The standard InChI is InChI=1S/C13H15NO4S/c1-10(15)14(12-7-8-19(16,17)9-12)11-3-5-13(18-2)6-4-11/h3-8,12H,9H2,1-2H3. The van der Waals surface area contributed by atoms with Crippen LogP contribution in [0.5, 0.6) is 5.75 Å². The molecule has 5 nitrogen and oxygen atoms in total. The minimum atomic E-state index is -3.19. The van der Waals surface area contributed by atoms with Crippen molar-refractivity contribution in [3.8, 4) is 5.75 Å². The highest BCUT2D eigenvalue weighted by Crippen LogP contribution is 2.24. The van der Waals surface area contributed by atoms with Crippen LogP contribution in [-0.4, -0.2) is 33.2 Å². The SMILES string of the molecule is COc1ccc(N(C(C)=O)C2C=CS(=O)(=O)C2)cc1. The molecule has 1 heterocycles. The van der Waals surface area contributed by atoms with Crippen LogP contribution in [0.2, 0.25) is 0 Å². The maximum atomic E-state index is 11.8. The number of hydrogen-bond acceptors (Lipinski definition) is 4. The summed E-state index contributed by atoms with van der Waals surface area (Å²) in [4.78, 5) is 13.2. The molecule has 102 valence electrons. The summed E-state index contributed by atoms with van der Waals surface area (Å²) in [6.45, 7) is 1.42. The third-order valence-corrected chi connectivity index (χ3v) is 4.31. The third-order valence-electron chi connectivity index (χ3n) is 2.93. The van der Waals surface area contributed by atoms with Gasteiger partial charge < -0.3 is 9.64 Å². The van der Waals surface area contributed by atoms with Crippen molar-refractivity contribution in [2.24, 2.45) is 0 Å². The molecule has 0 saturated carbocycles. The average Bonchev–Trinajstić information content (AvgIpc) is 2.70. The second-order valence-corrected chi connectivity index (χ2v) is 6.24. The first-order chi connectivity index (χ1) is 8.93. The van der Waals surface area contributed by atoms with Gasteiger partial charge in [-0.2, -0.15) is 0 Å². The number of anilines is 1. The summed E-state index contributed by atoms with van der Waals surface area (Å²) in [6.07, 6.45) is 1.54. The molecule has 0 fully saturated rings. The summed E-state index contributed by atoms with van der Waals surface area (Å²) in [5.74, 6) is 0.414. The zero-order chi connectivity index (χ0) is 14.0. The Morgan fingerprint density at radius 3 is 2.37 bits per heavy atom. The zero-order valence-electron chi connectivity index (χ0n) is 10.7. The molecule has 1 aliphatic rings. The summed E-state index contributed by atoms with van der Waals surface area (Å²) in [7, 11) is -1.63. The van der Waals surface area contributed by atoms with Gasteiger partial charge in [0, 0.05) is 18.0 Å². The van der Waals surface area contributed by atoms with E-state index in [4.69, 9.17) is 4.74 Å². The molecule has 1 aromatic carbocycles. The molecule has 0 radical (unpaired) electrons. The van der Waals surface area contributed by atoms with Gasteiger partial charge in [-0.3, -0.25) is 4.79 Å². The number of carbonyl (C=O) groups excluding carboxylic acids is 1. The molecule has 0 aromatic heterocycles. The van der Waals surface area contributed by atoms with Crippen LogP contribution < -0.4 is 9.64 Å². The van der Waals surface area contributed by atoms with Crippen LogP contribution in [0.4, 0.5) is 5.69 Å². The largest absolute Gasteiger partial charge is 0.497 e. The molecule has 1 atom stereocenters. The number of benzene rings is 1. The molecule has 0 N–H and O–H groups in total. The van der Waals surface area contributed by atoms with Crippen LogP contribution in [0.15, 0.2) is 35.7 Å². The Balaban J connectivity index is 2.31. The molecule has 6 heteroatoms. The van der Waals surface area contributed by atoms with E-state index in [9.17, 15) is 13.2 Å². The van der Waals surface area contributed by atoms with Gasteiger partial charge >= 0.3 is 0 Å². The number of hydrogen-bond donors (Lipinski definition) is 0. The van der Waals surface area contributed by atoms with Gasteiger partial charge in [0.2, 0.25) is 5.91 Å². The zero-order valence-corrected chi connectivity index (χ0v) is 11.6. The van der Waals surface area contributed by atoms with Crippen molar-refractivity contribution in [3.63, 3.8) is 0 Å². The highest BCUT2D eigenvalue weighted by atomic mass is 32.2. The minimum absolute atomic E-state index is 0.0708. The van der Waals surface area contributed by atoms with Gasteiger partial charge in [-0.1, -0.05) is 0 Å². The van der Waals surface area contributed by atoms with Crippen molar-refractivity contribution in [2.45, 2.75) is 13.0 Å². The maximum Gasteiger partial charge on any atom is 0.224 e. The van der Waals surface area contributed by atoms with Gasteiger partial charge in [0.05, 0.1) is 18.9 Å². The van der Waals surface area contributed by atoms with E-state index in [1.807, 2.05) is 0 Å². The molecule has 0 saturated heterocycles. The molecule has 0 spiro atoms. The normalized spacial score (nSPS) is 20.2. The van der Waals surface area contributed by atoms with Crippen LogP contribution in [0.25, 0.3) is 0 Å². The van der Waals surface area contributed by atoms with E-state index in [1.165, 1.54) is 11.8 Å². The number of ether oxygens (including phenoxy) is 1. The molecule has 1 aliphatic heterocycles. The molecule has 1 aromatic rings. The van der Waals surface area contributed by atoms with E-state index >= 15 is 0 Å². The van der Waals surface area contributed by atoms with Gasteiger partial charge in [-0.25, -0.2) is 8.42 Å². The Morgan fingerprint density at radius 1 is 1.32 bits per heavy atom. The molecule has 1 amide bonds. The number of methoxy groups -OCH3 is 1. The van der Waals surface area contributed by atoms with Crippen LogP contribution in [0.1, 0.15) is 6.92 Å². The number of carbonyl (C=O) groups is 1. The minimum Gasteiger partial charge on any atom is -0.497 e. The van der Waals surface area contributed by atoms with Gasteiger partial charge in [-0.15, -0.1) is 0 Å². The second-order valence-electron chi connectivity index (χ2n) is 4.31. The Hall–Kier alpha value is -1.82. The summed E-state index contributed by atoms with van der Waals surface area (Å²) in [5.41, 5.74) is 0.653. The average molecular weight is 281 g/mol. The lowest BCUT2D eigenvalue weighted by molar-refractivity contribution is -0.116. The number of nitrogens with zero attached hydrogens (tertiary/aromatic N) is 1. The van der Waals surface area contributed by atoms with E-state index in [2.05, 4.69) is 0 Å². The lowest BCUT2D eigenvalue weighted by Gasteiger charge is -2.26. The summed E-state index contributed by atoms with van der Waals surface area (Å²) < 4.78 is 28.0. The lowest BCUT2D eigenvalue weighted by Crippen LogP contribution is -2.39. The van der Waals surface area contributed by atoms with Crippen LogP contribution in [-0.2, 0) is 14.6 Å². The van der Waals surface area contributed by atoms with E-state index in [1.54, 1.807) is 37.5 Å². The first-order valence-corrected chi connectivity index (χ1v) is 7.49. The molecule has 1 unspecified atom stereocenters. The van der Waals surface area contributed by atoms with E-state index in [0.29, 0.717) is 11.4 Å². The highest BCUT2D eigenvalue weighted by molar-refractivity contribution is 7.94. The van der Waals surface area contributed by atoms with Crippen LogP contribution >= 0.6 is 0 Å². The summed E-state index contributed by atoms with van der Waals surface area (Å²) >= 11 is 0. The Bertz CT molecular complexity index is 604. The monoisotopic (exact) mass is 281 g/mol. The summed E-state index contributed by atoms with van der Waals surface area (Å²) in [6, 6.07) is 6.49. The molecule has 0 bridgehead atoms. The Labute approximate surface area is 112 Å². The lowest BCUT2D eigenvalue weighted by atomic mass is 10.2. The van der Waals surface area contributed by atoms with Crippen LogP contribution in [0.3, 0.4) is 0 Å². The quantitative estimate of drug-likeness (QED) is 0.839. The molecular formula is C13H15NO4S. The number of sulfone groups is 1. The van der Waals surface area contributed by atoms with Crippen LogP contribution in [0, 0.1) is 0 Å². The van der Waals surface area contributed by atoms with E-state index in [0.717, 1.165) is 5.41 Å². The Kier molecular flexibility index (Phi) is 3.61. The van der Waals surface area contributed by atoms with E-state index in [-0.39, 0.29) is 11.7 Å². The predicted octanol–water partition coefficient (Wildman–Crippen LogP) is 1.36. The fourth-order valence-corrected chi connectivity index (χ4v) is 3.34. The third kappa shape index (κ3) is 2.96. The molecule has 19 heavy (non-hydrogen) atoms. The molecule has 0 aliphatic carbocycles. The summed E-state index contributed by atoms with van der Waals surface area (Å²) in [5, 5.41) is 1.16. The molecular weight excluding hydrogens is 266 g/mol. The van der Waals surface area contributed by atoms with Gasteiger partial charge in [-0.05, 0) is 30.3 Å². The van der Waals surface area contributed by atoms with Crippen molar-refractivity contribution >= 4 is 21.4 Å². The number of rotatable bonds is 3. The smallest absolute Gasteiger partial charge is 0.224 e. The fourth-order valence-electron chi connectivity index (χ4n) is 2.07. The maximum absolute atomic E-state index is 11.8. The predicted molar refractivity (Wildman–Crippen MR) is 72.9 cm³/mol. The van der Waals surface area contributed by atoms with Gasteiger partial charge in [0.15, 0.2) is 9.84 Å². The van der Waals surface area contributed by atoms with Crippen molar-refractivity contribution in [1.29, 1.82) is 0 Å². The molecule has 2 rings (SSSR count). The topological polar surface area (TPSA) is 63.7 Å². The highest BCUT2D eigenvalue weighted by Gasteiger charge is 2.29. The van der Waals surface area contributed by atoms with Gasteiger partial charge in [0.1, 0.15) is 5.75 Å². The van der Waals surface area contributed by atoms with Crippen molar-refractivity contribution in [1.82, 2.24) is 0 Å². The van der Waals surface area contributed by atoms with Crippen molar-refractivity contribution in [2.75, 3.05) is 17.8 Å². The van der Waals surface area contributed by atoms with Crippen molar-refractivity contribution in [3.05, 3.63) is 35.7 Å². The fraction of sp³-hybridized carbons (Fsp3) is 0.308. The van der Waals surface area contributed by atoms with Crippen molar-refractivity contribution < 1.29 is 17.9 Å². The first kappa shape index (κ1) is 13.6. The number of amides is 1. The van der Waals surface area contributed by atoms with Gasteiger partial charge in [0.25, 0.3) is 0 Å². The Morgan fingerprint density at radius 2 is 1.95 bits per heavy atom. The second kappa shape index (κ2) is 5.05.